The van der Waals surface area contributed by atoms with Crippen LogP contribution in [0.2, 0.25) is 0 Å². The number of rotatable bonds is 5. The van der Waals surface area contributed by atoms with Crippen LogP contribution in [0.15, 0.2) is 182 Å². The molecule has 10 aromatic rings. The van der Waals surface area contributed by atoms with Gasteiger partial charge in [0.25, 0.3) is 0 Å². The minimum absolute atomic E-state index is 0.0910. The summed E-state index contributed by atoms with van der Waals surface area (Å²) >= 11 is 0. The van der Waals surface area contributed by atoms with Crippen molar-refractivity contribution in [2.45, 2.75) is 19.3 Å². The molecular formula is C51H36N2. The normalized spacial score (nSPS) is 13.2. The molecule has 0 saturated heterocycles. The number of anilines is 3. The molecule has 53 heavy (non-hydrogen) atoms. The number of benzene rings is 9. The minimum atomic E-state index is -0.0910. The second-order valence-corrected chi connectivity index (χ2v) is 14.9. The molecule has 1 aromatic heterocycles. The number of nitrogens with zero attached hydrogens (tertiary/aromatic N) is 2. The Labute approximate surface area is 309 Å². The number of hydrogen-bond acceptors (Lipinski definition) is 1. The Kier molecular flexibility index (Phi) is 6.33. The highest BCUT2D eigenvalue weighted by Gasteiger charge is 2.35. The third-order valence-corrected chi connectivity index (χ3v) is 11.7. The zero-order valence-electron chi connectivity index (χ0n) is 29.7. The quantitative estimate of drug-likeness (QED) is 0.165. The summed E-state index contributed by atoms with van der Waals surface area (Å²) in [6.07, 6.45) is 0. The van der Waals surface area contributed by atoms with Crippen molar-refractivity contribution in [2.24, 2.45) is 0 Å². The van der Waals surface area contributed by atoms with Crippen LogP contribution < -0.4 is 4.90 Å². The van der Waals surface area contributed by atoms with Gasteiger partial charge in [-0.1, -0.05) is 135 Å². The van der Waals surface area contributed by atoms with Crippen LogP contribution in [-0.4, -0.2) is 4.57 Å². The smallest absolute Gasteiger partial charge is 0.0547 e. The van der Waals surface area contributed by atoms with Gasteiger partial charge in [-0.2, -0.15) is 0 Å². The van der Waals surface area contributed by atoms with Gasteiger partial charge < -0.3 is 9.47 Å². The summed E-state index contributed by atoms with van der Waals surface area (Å²) in [5.41, 5.74) is 14.8. The first-order valence-electron chi connectivity index (χ1n) is 18.5. The van der Waals surface area contributed by atoms with Gasteiger partial charge in [0.05, 0.1) is 11.0 Å². The molecule has 11 rings (SSSR count). The number of aromatic nitrogens is 1. The maximum absolute atomic E-state index is 2.45. The van der Waals surface area contributed by atoms with E-state index in [0.29, 0.717) is 0 Å². The van der Waals surface area contributed by atoms with Crippen molar-refractivity contribution in [3.8, 4) is 27.9 Å². The Hall–Kier alpha value is -6.64. The molecule has 0 unspecified atom stereocenters. The first-order chi connectivity index (χ1) is 26.1. The maximum Gasteiger partial charge on any atom is 0.0547 e. The summed E-state index contributed by atoms with van der Waals surface area (Å²) in [4.78, 5) is 2.41. The van der Waals surface area contributed by atoms with E-state index in [2.05, 4.69) is 205 Å². The Morgan fingerprint density at radius 2 is 0.906 bits per heavy atom. The fourth-order valence-electron chi connectivity index (χ4n) is 9.25. The van der Waals surface area contributed by atoms with Gasteiger partial charge in [-0.3, -0.25) is 0 Å². The lowest BCUT2D eigenvalue weighted by molar-refractivity contribution is 0.660. The van der Waals surface area contributed by atoms with Gasteiger partial charge in [0.15, 0.2) is 0 Å². The van der Waals surface area contributed by atoms with E-state index >= 15 is 0 Å². The molecular weight excluding hydrogens is 641 g/mol. The molecule has 2 nitrogen and oxygen atoms in total. The van der Waals surface area contributed by atoms with Gasteiger partial charge in [-0.25, -0.2) is 0 Å². The molecule has 0 saturated carbocycles. The first kappa shape index (κ1) is 30.0. The van der Waals surface area contributed by atoms with Crippen molar-refractivity contribution in [1.82, 2.24) is 4.57 Å². The topological polar surface area (TPSA) is 8.17 Å². The Morgan fingerprint density at radius 3 is 1.57 bits per heavy atom. The molecule has 0 radical (unpaired) electrons. The van der Waals surface area contributed by atoms with E-state index in [-0.39, 0.29) is 5.41 Å². The van der Waals surface area contributed by atoms with Gasteiger partial charge in [0.1, 0.15) is 0 Å². The average molecular weight is 677 g/mol. The van der Waals surface area contributed by atoms with E-state index in [1.807, 2.05) is 0 Å². The second-order valence-electron chi connectivity index (χ2n) is 14.9. The van der Waals surface area contributed by atoms with Crippen LogP contribution >= 0.6 is 0 Å². The highest BCUT2D eigenvalue weighted by Crippen LogP contribution is 2.51. The predicted octanol–water partition coefficient (Wildman–Crippen LogP) is 14.0. The van der Waals surface area contributed by atoms with Gasteiger partial charge >= 0.3 is 0 Å². The third kappa shape index (κ3) is 4.33. The van der Waals surface area contributed by atoms with Crippen LogP contribution in [0.1, 0.15) is 25.0 Å². The standard InChI is InChI=1S/C51H36N2/c1-51(2)45-19-9-8-16-41(45)42-31-30-38(32-46(42)51)52(35-24-22-34(23-25-35)33-12-4-3-5-13-33)36-26-28-37(29-27-36)53-47-20-10-17-43-39-14-6-7-15-40(39)44-18-11-21-48(53)50(44)49(43)47/h3-32H,1-2H3. The number of fused-ring (bicyclic) bond motifs is 6. The second kappa shape index (κ2) is 11.2. The molecule has 0 N–H and O–H groups in total. The predicted molar refractivity (Wildman–Crippen MR) is 225 cm³/mol. The van der Waals surface area contributed by atoms with E-state index in [4.69, 9.17) is 0 Å². The largest absolute Gasteiger partial charge is 0.310 e. The highest BCUT2D eigenvalue weighted by molar-refractivity contribution is 6.34. The summed E-state index contributed by atoms with van der Waals surface area (Å²) < 4.78 is 2.45. The van der Waals surface area contributed by atoms with E-state index in [1.165, 1.54) is 76.7 Å². The van der Waals surface area contributed by atoms with Crippen LogP contribution in [0.5, 0.6) is 0 Å². The summed E-state index contributed by atoms with van der Waals surface area (Å²) in [6.45, 7) is 4.71. The van der Waals surface area contributed by atoms with Gasteiger partial charge in [-0.15, -0.1) is 0 Å². The summed E-state index contributed by atoms with van der Waals surface area (Å²) in [5.74, 6) is 0. The fourth-order valence-corrected chi connectivity index (χ4v) is 9.25. The fraction of sp³-hybridized carbons (Fsp3) is 0.0588. The van der Waals surface area contributed by atoms with Crippen LogP contribution in [0.3, 0.4) is 0 Å². The molecule has 9 aromatic carbocycles. The van der Waals surface area contributed by atoms with Gasteiger partial charge in [0.2, 0.25) is 0 Å². The van der Waals surface area contributed by atoms with Crippen LogP contribution in [0, 0.1) is 0 Å². The molecule has 1 aliphatic carbocycles. The molecule has 2 heteroatoms. The Balaban J connectivity index is 1.08. The summed E-state index contributed by atoms with van der Waals surface area (Å²) in [6, 6.07) is 67.0. The van der Waals surface area contributed by atoms with Crippen LogP contribution in [0.25, 0.3) is 71.3 Å². The van der Waals surface area contributed by atoms with E-state index < -0.39 is 0 Å². The molecule has 1 heterocycles. The van der Waals surface area contributed by atoms with Crippen molar-refractivity contribution in [3.63, 3.8) is 0 Å². The van der Waals surface area contributed by atoms with Crippen molar-refractivity contribution in [2.75, 3.05) is 4.90 Å². The minimum Gasteiger partial charge on any atom is -0.310 e. The molecule has 0 fully saturated rings. The lowest BCUT2D eigenvalue weighted by Gasteiger charge is -2.28. The first-order valence-corrected chi connectivity index (χ1v) is 18.5. The van der Waals surface area contributed by atoms with E-state index in [0.717, 1.165) is 22.7 Å². The zero-order valence-corrected chi connectivity index (χ0v) is 29.7. The molecule has 0 amide bonds. The average Bonchev–Trinajstić information content (AvgIpc) is 3.68. The van der Waals surface area contributed by atoms with Crippen molar-refractivity contribution in [1.29, 1.82) is 0 Å². The van der Waals surface area contributed by atoms with Crippen molar-refractivity contribution in [3.05, 3.63) is 193 Å². The van der Waals surface area contributed by atoms with Gasteiger partial charge in [0, 0.05) is 38.9 Å². The zero-order chi connectivity index (χ0) is 35.3. The third-order valence-electron chi connectivity index (χ3n) is 11.7. The van der Waals surface area contributed by atoms with Crippen LogP contribution in [-0.2, 0) is 5.41 Å². The van der Waals surface area contributed by atoms with Gasteiger partial charge in [-0.05, 0) is 116 Å². The SMILES string of the molecule is CC1(C)c2ccccc2-c2ccc(N(c3ccc(-c4ccccc4)cc3)c3ccc(-n4c5cccc6c7ccccc7c7cccc4c7c65)cc3)cc21. The molecule has 0 bridgehead atoms. The van der Waals surface area contributed by atoms with E-state index in [1.54, 1.807) is 0 Å². The lowest BCUT2D eigenvalue weighted by Crippen LogP contribution is -2.16. The van der Waals surface area contributed by atoms with E-state index in [9.17, 15) is 0 Å². The highest BCUT2D eigenvalue weighted by atomic mass is 15.1. The maximum atomic E-state index is 2.45. The molecule has 1 aliphatic rings. The number of hydrogen-bond donors (Lipinski definition) is 0. The Bertz CT molecular complexity index is 2920. The molecule has 0 aliphatic heterocycles. The monoisotopic (exact) mass is 676 g/mol. The van der Waals surface area contributed by atoms with Crippen molar-refractivity contribution < 1.29 is 0 Å². The molecule has 0 atom stereocenters. The van der Waals surface area contributed by atoms with Crippen molar-refractivity contribution >= 4 is 60.4 Å². The van der Waals surface area contributed by atoms with Crippen LogP contribution in [0.4, 0.5) is 17.1 Å². The summed E-state index contributed by atoms with van der Waals surface area (Å²) in [5, 5.41) is 7.90. The Morgan fingerprint density at radius 1 is 0.396 bits per heavy atom. The summed E-state index contributed by atoms with van der Waals surface area (Å²) in [7, 11) is 0. The lowest BCUT2D eigenvalue weighted by atomic mass is 9.82. The molecule has 0 spiro atoms. The molecule has 250 valence electrons.